The number of benzene rings is 2. The molecule has 0 atom stereocenters. The summed E-state index contributed by atoms with van der Waals surface area (Å²) in [7, 11) is 0. The third-order valence-corrected chi connectivity index (χ3v) is 3.46. The fourth-order valence-electron chi connectivity index (χ4n) is 1.54. The minimum atomic E-state index is -0.602. The number of hydrogen-bond donors (Lipinski definition) is 2. The fraction of sp³-hybridized carbons (Fsp3) is 0. The summed E-state index contributed by atoms with van der Waals surface area (Å²) in [6.45, 7) is 0. The molecule has 0 spiro atoms. The van der Waals surface area contributed by atoms with E-state index in [-0.39, 0.29) is 11.3 Å². The van der Waals surface area contributed by atoms with Crippen LogP contribution in [0.15, 0.2) is 41.5 Å². The van der Waals surface area contributed by atoms with Gasteiger partial charge in [0.15, 0.2) is 0 Å². The number of phenols is 1. The molecular formula is C14H9Cl3N2O2. The van der Waals surface area contributed by atoms with Gasteiger partial charge in [-0.15, -0.1) is 0 Å². The van der Waals surface area contributed by atoms with Crippen molar-refractivity contribution in [2.24, 2.45) is 5.10 Å². The van der Waals surface area contributed by atoms with Gasteiger partial charge in [0.2, 0.25) is 0 Å². The first kappa shape index (κ1) is 15.6. The number of aromatic hydroxyl groups is 1. The van der Waals surface area contributed by atoms with Crippen LogP contribution >= 0.6 is 34.8 Å². The van der Waals surface area contributed by atoms with Gasteiger partial charge in [0, 0.05) is 10.6 Å². The Balaban J connectivity index is 2.14. The first-order valence-electron chi connectivity index (χ1n) is 5.75. The summed E-state index contributed by atoms with van der Waals surface area (Å²) in [5.41, 5.74) is 2.77. The number of phenolic OH excluding ortho intramolecular Hbond substituents is 1. The Hall–Kier alpha value is -1.75. The van der Waals surface area contributed by atoms with Gasteiger partial charge in [0.05, 0.1) is 21.8 Å². The Morgan fingerprint density at radius 1 is 1.14 bits per heavy atom. The molecule has 0 heterocycles. The molecule has 0 aliphatic carbocycles. The molecule has 0 bridgehead atoms. The van der Waals surface area contributed by atoms with Crippen LogP contribution in [0.25, 0.3) is 0 Å². The van der Waals surface area contributed by atoms with E-state index in [4.69, 9.17) is 34.8 Å². The third-order valence-electron chi connectivity index (χ3n) is 2.56. The van der Waals surface area contributed by atoms with Gasteiger partial charge in [-0.3, -0.25) is 4.79 Å². The first-order chi connectivity index (χ1) is 9.99. The van der Waals surface area contributed by atoms with Gasteiger partial charge in [-0.25, -0.2) is 5.43 Å². The highest BCUT2D eigenvalue weighted by Crippen LogP contribution is 2.23. The van der Waals surface area contributed by atoms with Crippen molar-refractivity contribution in [3.63, 3.8) is 0 Å². The van der Waals surface area contributed by atoms with Crippen LogP contribution in [0.2, 0.25) is 15.1 Å². The van der Waals surface area contributed by atoms with Gasteiger partial charge >= 0.3 is 0 Å². The highest BCUT2D eigenvalue weighted by Gasteiger charge is 2.11. The molecule has 0 radical (unpaired) electrons. The van der Waals surface area contributed by atoms with Gasteiger partial charge in [-0.1, -0.05) is 40.9 Å². The van der Waals surface area contributed by atoms with Gasteiger partial charge < -0.3 is 5.11 Å². The summed E-state index contributed by atoms with van der Waals surface area (Å²) in [5, 5.41) is 14.5. The maximum Gasteiger partial charge on any atom is 0.275 e. The molecular weight excluding hydrogens is 335 g/mol. The van der Waals surface area contributed by atoms with Crippen molar-refractivity contribution in [1.29, 1.82) is 0 Å². The minimum Gasteiger partial charge on any atom is -0.507 e. The van der Waals surface area contributed by atoms with E-state index in [0.29, 0.717) is 20.6 Å². The fourth-order valence-corrected chi connectivity index (χ4v) is 2.21. The zero-order valence-electron chi connectivity index (χ0n) is 10.5. The van der Waals surface area contributed by atoms with Crippen molar-refractivity contribution in [1.82, 2.24) is 5.43 Å². The van der Waals surface area contributed by atoms with Crippen LogP contribution in [0.5, 0.6) is 5.75 Å². The molecule has 0 unspecified atom stereocenters. The van der Waals surface area contributed by atoms with E-state index in [1.165, 1.54) is 24.4 Å². The van der Waals surface area contributed by atoms with Crippen molar-refractivity contribution >= 4 is 46.9 Å². The summed E-state index contributed by atoms with van der Waals surface area (Å²) in [4.78, 5) is 11.9. The molecule has 7 heteroatoms. The molecule has 2 aromatic rings. The summed E-state index contributed by atoms with van der Waals surface area (Å²) < 4.78 is 0. The Bertz CT molecular complexity index is 697. The number of carbonyl (C=O) groups excluding carboxylic acids is 1. The van der Waals surface area contributed by atoms with Gasteiger partial charge in [-0.2, -0.15) is 5.10 Å². The Labute approximate surface area is 135 Å². The van der Waals surface area contributed by atoms with E-state index < -0.39 is 5.91 Å². The largest absolute Gasteiger partial charge is 0.507 e. The van der Waals surface area contributed by atoms with Gasteiger partial charge in [0.1, 0.15) is 5.75 Å². The second-order valence-electron chi connectivity index (χ2n) is 4.00. The van der Waals surface area contributed by atoms with Crippen molar-refractivity contribution < 1.29 is 9.90 Å². The SMILES string of the molecule is O=C(N/N=C/c1c(Cl)cccc1Cl)c1cc(Cl)ccc1O. The first-order valence-corrected chi connectivity index (χ1v) is 6.88. The van der Waals surface area contributed by atoms with E-state index in [1.54, 1.807) is 18.2 Å². The van der Waals surface area contributed by atoms with Crippen molar-refractivity contribution in [3.05, 3.63) is 62.6 Å². The number of hydrogen-bond acceptors (Lipinski definition) is 3. The van der Waals surface area contributed by atoms with Crippen LogP contribution in [0.1, 0.15) is 15.9 Å². The Morgan fingerprint density at radius 2 is 1.81 bits per heavy atom. The number of carbonyl (C=O) groups is 1. The number of amides is 1. The maximum absolute atomic E-state index is 11.9. The second kappa shape index (κ2) is 6.80. The van der Waals surface area contributed by atoms with E-state index in [1.807, 2.05) is 0 Å². The lowest BCUT2D eigenvalue weighted by Gasteiger charge is -2.04. The predicted molar refractivity (Wildman–Crippen MR) is 84.6 cm³/mol. The number of nitrogens with one attached hydrogen (secondary N) is 1. The highest BCUT2D eigenvalue weighted by atomic mass is 35.5. The van der Waals surface area contributed by atoms with Crippen LogP contribution in [0.3, 0.4) is 0 Å². The molecule has 21 heavy (non-hydrogen) atoms. The lowest BCUT2D eigenvalue weighted by atomic mass is 10.2. The zero-order valence-corrected chi connectivity index (χ0v) is 12.7. The van der Waals surface area contributed by atoms with E-state index in [2.05, 4.69) is 10.5 Å². The summed E-state index contributed by atoms with van der Waals surface area (Å²) in [6, 6.07) is 9.14. The number of nitrogens with zero attached hydrogens (tertiary/aromatic N) is 1. The lowest BCUT2D eigenvalue weighted by Crippen LogP contribution is -2.17. The van der Waals surface area contributed by atoms with Crippen molar-refractivity contribution in [3.8, 4) is 5.75 Å². The number of halogens is 3. The second-order valence-corrected chi connectivity index (χ2v) is 5.25. The highest BCUT2D eigenvalue weighted by molar-refractivity contribution is 6.38. The van der Waals surface area contributed by atoms with E-state index in [0.717, 1.165) is 0 Å². The van der Waals surface area contributed by atoms with Crippen molar-refractivity contribution in [2.75, 3.05) is 0 Å². The molecule has 108 valence electrons. The van der Waals surface area contributed by atoms with Crippen LogP contribution in [0.4, 0.5) is 0 Å². The molecule has 0 aromatic heterocycles. The third kappa shape index (κ3) is 3.88. The predicted octanol–water partition coefficient (Wildman–Crippen LogP) is 4.12. The summed E-state index contributed by atoms with van der Waals surface area (Å²) in [6.07, 6.45) is 1.32. The maximum atomic E-state index is 11.9. The lowest BCUT2D eigenvalue weighted by molar-refractivity contribution is 0.0952. The molecule has 0 saturated heterocycles. The van der Waals surface area contributed by atoms with Crippen LogP contribution in [-0.2, 0) is 0 Å². The molecule has 4 nitrogen and oxygen atoms in total. The molecule has 1 amide bonds. The molecule has 0 saturated carbocycles. The zero-order chi connectivity index (χ0) is 15.4. The van der Waals surface area contributed by atoms with Gasteiger partial charge in [-0.05, 0) is 30.3 Å². The molecule has 2 rings (SSSR count). The van der Waals surface area contributed by atoms with E-state index >= 15 is 0 Å². The number of hydrazone groups is 1. The van der Waals surface area contributed by atoms with Crippen molar-refractivity contribution in [2.45, 2.75) is 0 Å². The standard InChI is InChI=1S/C14H9Cl3N2O2/c15-8-4-5-13(20)9(6-8)14(21)19-18-7-10-11(16)2-1-3-12(10)17/h1-7,20H,(H,19,21)/b18-7+. The molecule has 0 aliphatic heterocycles. The normalized spacial score (nSPS) is 10.8. The quantitative estimate of drug-likeness (QED) is 0.650. The average molecular weight is 344 g/mol. The monoisotopic (exact) mass is 342 g/mol. The Kier molecular flexibility index (Phi) is 5.07. The molecule has 2 aromatic carbocycles. The average Bonchev–Trinajstić information content (AvgIpc) is 2.44. The van der Waals surface area contributed by atoms with Gasteiger partial charge in [0.25, 0.3) is 5.91 Å². The van der Waals surface area contributed by atoms with Crippen LogP contribution < -0.4 is 5.43 Å². The Morgan fingerprint density at radius 3 is 2.48 bits per heavy atom. The van der Waals surface area contributed by atoms with E-state index in [9.17, 15) is 9.90 Å². The number of rotatable bonds is 3. The summed E-state index contributed by atoms with van der Waals surface area (Å²) >= 11 is 17.7. The summed E-state index contributed by atoms with van der Waals surface area (Å²) in [5.74, 6) is -0.794. The molecule has 0 fully saturated rings. The van der Waals surface area contributed by atoms with Crippen LogP contribution in [-0.4, -0.2) is 17.2 Å². The smallest absolute Gasteiger partial charge is 0.275 e. The molecule has 2 N–H and O–H groups in total. The topological polar surface area (TPSA) is 61.7 Å². The van der Waals surface area contributed by atoms with Crippen LogP contribution in [0, 0.1) is 0 Å². The minimum absolute atomic E-state index is 0.0184. The molecule has 0 aliphatic rings.